The van der Waals surface area contributed by atoms with Crippen LogP contribution in [0, 0.1) is 11.8 Å². The van der Waals surface area contributed by atoms with Crippen molar-refractivity contribution in [1.29, 1.82) is 0 Å². The zero-order valence-corrected chi connectivity index (χ0v) is 10.6. The molecule has 2 unspecified atom stereocenters. The Kier molecular flexibility index (Phi) is 4.14. The second kappa shape index (κ2) is 4.97. The first-order valence-electron chi connectivity index (χ1n) is 5.94. The van der Waals surface area contributed by atoms with Crippen molar-refractivity contribution in [2.75, 3.05) is 13.6 Å². The summed E-state index contributed by atoms with van der Waals surface area (Å²) in [4.78, 5) is 14.1. The van der Waals surface area contributed by atoms with Gasteiger partial charge in [0.15, 0.2) is 0 Å². The van der Waals surface area contributed by atoms with E-state index in [1.54, 1.807) is 7.05 Å². The first kappa shape index (κ1) is 12.5. The van der Waals surface area contributed by atoms with Crippen LogP contribution in [0.5, 0.6) is 0 Å². The fraction of sp³-hybridized carbons (Fsp3) is 0.917. The van der Waals surface area contributed by atoms with Gasteiger partial charge in [-0.3, -0.25) is 9.69 Å². The van der Waals surface area contributed by atoms with Crippen LogP contribution < -0.4 is 5.32 Å². The Bertz CT molecular complexity index is 226. The predicted molar refractivity (Wildman–Crippen MR) is 62.6 cm³/mol. The molecule has 3 heteroatoms. The average Bonchev–Trinajstić information content (AvgIpc) is 2.61. The van der Waals surface area contributed by atoms with Gasteiger partial charge in [0, 0.05) is 19.6 Å². The molecule has 0 radical (unpaired) electrons. The molecule has 1 heterocycles. The molecule has 0 aromatic heterocycles. The molecule has 3 nitrogen and oxygen atoms in total. The maximum Gasteiger partial charge on any atom is 0.237 e. The largest absolute Gasteiger partial charge is 0.358 e. The summed E-state index contributed by atoms with van der Waals surface area (Å²) in [7, 11) is 1.73. The SMILES string of the molecule is CNC(=O)C1CC(C(C)C)CN1C(C)C. The molecule has 0 aromatic rings. The second-order valence-electron chi connectivity index (χ2n) is 5.16. The Hall–Kier alpha value is -0.570. The number of likely N-dealkylation sites (tertiary alicyclic amines) is 1. The second-order valence-corrected chi connectivity index (χ2v) is 5.16. The minimum Gasteiger partial charge on any atom is -0.358 e. The van der Waals surface area contributed by atoms with Gasteiger partial charge in [-0.05, 0) is 32.1 Å². The minimum atomic E-state index is 0.0856. The van der Waals surface area contributed by atoms with Crippen molar-refractivity contribution in [3.8, 4) is 0 Å². The van der Waals surface area contributed by atoms with Crippen molar-refractivity contribution in [2.24, 2.45) is 11.8 Å². The van der Waals surface area contributed by atoms with Crippen molar-refractivity contribution in [2.45, 2.75) is 46.2 Å². The fourth-order valence-corrected chi connectivity index (χ4v) is 2.37. The molecular weight excluding hydrogens is 188 g/mol. The van der Waals surface area contributed by atoms with Crippen molar-refractivity contribution in [3.05, 3.63) is 0 Å². The average molecular weight is 212 g/mol. The van der Waals surface area contributed by atoms with E-state index in [1.807, 2.05) is 0 Å². The summed E-state index contributed by atoms with van der Waals surface area (Å²) in [5, 5.41) is 2.77. The zero-order chi connectivity index (χ0) is 11.6. The molecule has 1 aliphatic rings. The molecule has 15 heavy (non-hydrogen) atoms. The van der Waals surface area contributed by atoms with E-state index in [4.69, 9.17) is 0 Å². The van der Waals surface area contributed by atoms with Gasteiger partial charge in [-0.25, -0.2) is 0 Å². The van der Waals surface area contributed by atoms with Crippen LogP contribution in [0.4, 0.5) is 0 Å². The molecule has 0 aliphatic carbocycles. The Labute approximate surface area is 93.2 Å². The molecule has 88 valence electrons. The van der Waals surface area contributed by atoms with E-state index < -0.39 is 0 Å². The van der Waals surface area contributed by atoms with Crippen LogP contribution in [0.3, 0.4) is 0 Å². The summed E-state index contributed by atoms with van der Waals surface area (Å²) in [6, 6.07) is 0.540. The summed E-state index contributed by atoms with van der Waals surface area (Å²) in [6.07, 6.45) is 1.01. The first-order valence-corrected chi connectivity index (χ1v) is 5.94. The molecule has 1 aliphatic heterocycles. The normalized spacial score (nSPS) is 27.7. The van der Waals surface area contributed by atoms with Gasteiger partial charge < -0.3 is 5.32 Å². The highest BCUT2D eigenvalue weighted by molar-refractivity contribution is 5.81. The Morgan fingerprint density at radius 2 is 1.93 bits per heavy atom. The van der Waals surface area contributed by atoms with E-state index >= 15 is 0 Å². The lowest BCUT2D eigenvalue weighted by Crippen LogP contribution is -2.44. The zero-order valence-electron chi connectivity index (χ0n) is 10.6. The molecular formula is C12H24N2O. The number of amides is 1. The molecule has 2 atom stereocenters. The molecule has 0 spiro atoms. The van der Waals surface area contributed by atoms with Crippen molar-refractivity contribution >= 4 is 5.91 Å². The highest BCUT2D eigenvalue weighted by Crippen LogP contribution is 2.30. The summed E-state index contributed by atoms with van der Waals surface area (Å²) in [6.45, 7) is 9.88. The molecule has 1 saturated heterocycles. The molecule has 1 amide bonds. The summed E-state index contributed by atoms with van der Waals surface area (Å²) in [5.74, 6) is 1.50. The monoisotopic (exact) mass is 212 g/mol. The van der Waals surface area contributed by atoms with Gasteiger partial charge in [-0.15, -0.1) is 0 Å². The van der Waals surface area contributed by atoms with Crippen LogP contribution >= 0.6 is 0 Å². The number of carbonyl (C=O) groups excluding carboxylic acids is 1. The third kappa shape index (κ3) is 2.71. The highest BCUT2D eigenvalue weighted by Gasteiger charge is 2.38. The van der Waals surface area contributed by atoms with E-state index in [9.17, 15) is 4.79 Å². The molecule has 1 fully saturated rings. The fourth-order valence-electron chi connectivity index (χ4n) is 2.37. The number of hydrogen-bond acceptors (Lipinski definition) is 2. The van der Waals surface area contributed by atoms with E-state index in [0.717, 1.165) is 13.0 Å². The lowest BCUT2D eigenvalue weighted by atomic mass is 9.93. The number of nitrogens with one attached hydrogen (secondary N) is 1. The maximum absolute atomic E-state index is 11.7. The van der Waals surface area contributed by atoms with E-state index in [0.29, 0.717) is 17.9 Å². The number of likely N-dealkylation sites (N-methyl/N-ethyl adjacent to an activating group) is 1. The summed E-state index contributed by atoms with van der Waals surface area (Å²) >= 11 is 0. The molecule has 0 saturated carbocycles. The van der Waals surface area contributed by atoms with Crippen molar-refractivity contribution < 1.29 is 4.79 Å². The number of carbonyl (C=O) groups is 1. The van der Waals surface area contributed by atoms with Gasteiger partial charge in [0.1, 0.15) is 0 Å². The smallest absolute Gasteiger partial charge is 0.237 e. The molecule has 1 rings (SSSR count). The lowest BCUT2D eigenvalue weighted by Gasteiger charge is -2.26. The topological polar surface area (TPSA) is 32.3 Å². The quantitative estimate of drug-likeness (QED) is 0.768. The van der Waals surface area contributed by atoms with Crippen LogP contribution in [0.1, 0.15) is 34.1 Å². The Morgan fingerprint density at radius 1 is 1.33 bits per heavy atom. The van der Waals surface area contributed by atoms with Gasteiger partial charge in [0.2, 0.25) is 5.91 Å². The van der Waals surface area contributed by atoms with Crippen LogP contribution in [-0.4, -0.2) is 36.5 Å². The maximum atomic E-state index is 11.7. The number of nitrogens with zero attached hydrogens (tertiary/aromatic N) is 1. The van der Waals surface area contributed by atoms with Crippen LogP contribution in [0.25, 0.3) is 0 Å². The summed E-state index contributed by atoms with van der Waals surface area (Å²) < 4.78 is 0. The van der Waals surface area contributed by atoms with Crippen LogP contribution in [0.15, 0.2) is 0 Å². The van der Waals surface area contributed by atoms with Gasteiger partial charge in [-0.2, -0.15) is 0 Å². The van der Waals surface area contributed by atoms with Gasteiger partial charge in [0.25, 0.3) is 0 Å². The minimum absolute atomic E-state index is 0.0856. The summed E-state index contributed by atoms with van der Waals surface area (Å²) in [5.41, 5.74) is 0. The van der Waals surface area contributed by atoms with Crippen LogP contribution in [-0.2, 0) is 4.79 Å². The van der Waals surface area contributed by atoms with E-state index in [2.05, 4.69) is 37.9 Å². The standard InChI is InChI=1S/C12H24N2O/c1-8(2)10-6-11(12(15)13-5)14(7-10)9(3)4/h8-11H,6-7H2,1-5H3,(H,13,15). The van der Waals surface area contributed by atoms with Gasteiger partial charge in [-0.1, -0.05) is 13.8 Å². The molecule has 0 bridgehead atoms. The number of rotatable bonds is 3. The Morgan fingerprint density at radius 3 is 2.33 bits per heavy atom. The number of hydrogen-bond donors (Lipinski definition) is 1. The van der Waals surface area contributed by atoms with E-state index in [-0.39, 0.29) is 11.9 Å². The molecule has 1 N–H and O–H groups in total. The third-order valence-corrected chi connectivity index (χ3v) is 3.53. The first-order chi connectivity index (χ1) is 6.97. The van der Waals surface area contributed by atoms with Gasteiger partial charge in [0.05, 0.1) is 6.04 Å². The lowest BCUT2D eigenvalue weighted by molar-refractivity contribution is -0.125. The predicted octanol–water partition coefficient (Wildman–Crippen LogP) is 1.49. The van der Waals surface area contributed by atoms with E-state index in [1.165, 1.54) is 0 Å². The van der Waals surface area contributed by atoms with Crippen LogP contribution in [0.2, 0.25) is 0 Å². The van der Waals surface area contributed by atoms with Crippen molar-refractivity contribution in [1.82, 2.24) is 10.2 Å². The van der Waals surface area contributed by atoms with Crippen molar-refractivity contribution in [3.63, 3.8) is 0 Å². The molecule has 0 aromatic carbocycles. The third-order valence-electron chi connectivity index (χ3n) is 3.53. The van der Waals surface area contributed by atoms with Gasteiger partial charge >= 0.3 is 0 Å². The Balaban J connectivity index is 2.72. The highest BCUT2D eigenvalue weighted by atomic mass is 16.2.